The Balaban J connectivity index is 1.81. The zero-order chi connectivity index (χ0) is 22.1. The highest BCUT2D eigenvalue weighted by molar-refractivity contribution is 7.91. The number of amides is 2. The maximum atomic E-state index is 13.0. The molecule has 1 aliphatic heterocycles. The Morgan fingerprint density at radius 3 is 2.60 bits per heavy atom. The van der Waals surface area contributed by atoms with Crippen LogP contribution in [0.25, 0.3) is 10.9 Å². The third-order valence-corrected chi connectivity index (χ3v) is 6.76. The van der Waals surface area contributed by atoms with Crippen LogP contribution >= 0.6 is 0 Å². The molecule has 2 atom stereocenters. The van der Waals surface area contributed by atoms with E-state index in [4.69, 9.17) is 4.74 Å². The second-order valence-electron chi connectivity index (χ2n) is 8.79. The monoisotopic (exact) mass is 435 g/mol. The third-order valence-electron chi connectivity index (χ3n) is 4.99. The number of ether oxygens (including phenoxy) is 1. The predicted octanol–water partition coefficient (Wildman–Crippen LogP) is 1.92. The average molecular weight is 436 g/mol. The van der Waals surface area contributed by atoms with Crippen LogP contribution in [-0.4, -0.2) is 54.2 Å². The molecule has 30 heavy (non-hydrogen) atoms. The Morgan fingerprint density at radius 1 is 1.27 bits per heavy atom. The molecule has 8 nitrogen and oxygen atoms in total. The lowest BCUT2D eigenvalue weighted by Crippen LogP contribution is -2.51. The van der Waals surface area contributed by atoms with Crippen LogP contribution in [0.1, 0.15) is 32.8 Å². The molecule has 1 fully saturated rings. The standard InChI is InChI=1S/C21H29N3O5S/c1-21(2,3)29-20(26)23-17(19(25)22-15-9-10-30(27,28)13-15)11-14-12-24(4)18-8-6-5-7-16(14)18/h5-8,12,15,17H,9-11,13H2,1-4H3,(H,22,25)(H,23,26)/t15?,17-/m0/s1. The van der Waals surface area contributed by atoms with Gasteiger partial charge < -0.3 is 19.9 Å². The molecule has 3 rings (SSSR count). The van der Waals surface area contributed by atoms with E-state index in [0.29, 0.717) is 6.42 Å². The topological polar surface area (TPSA) is 106 Å². The summed E-state index contributed by atoms with van der Waals surface area (Å²) in [6.07, 6.45) is 1.87. The van der Waals surface area contributed by atoms with Gasteiger partial charge in [-0.2, -0.15) is 0 Å². The predicted molar refractivity (Wildman–Crippen MR) is 115 cm³/mol. The molecular weight excluding hydrogens is 406 g/mol. The molecule has 9 heteroatoms. The second-order valence-corrected chi connectivity index (χ2v) is 11.0. The molecule has 0 spiro atoms. The number of hydrogen-bond acceptors (Lipinski definition) is 5. The SMILES string of the molecule is Cn1cc(C[C@H](NC(=O)OC(C)(C)C)C(=O)NC2CCS(=O)(=O)C2)c2ccccc21. The molecule has 0 bridgehead atoms. The van der Waals surface area contributed by atoms with Crippen molar-refractivity contribution in [2.45, 2.75) is 51.3 Å². The van der Waals surface area contributed by atoms with Crippen molar-refractivity contribution < 1.29 is 22.7 Å². The number of sulfone groups is 1. The molecule has 1 aliphatic rings. The number of aryl methyl sites for hydroxylation is 1. The van der Waals surface area contributed by atoms with Crippen molar-refractivity contribution in [3.8, 4) is 0 Å². The van der Waals surface area contributed by atoms with E-state index < -0.39 is 39.5 Å². The number of alkyl carbamates (subject to hydrolysis) is 1. The van der Waals surface area contributed by atoms with Crippen LogP contribution in [0, 0.1) is 0 Å². The van der Waals surface area contributed by atoms with Crippen molar-refractivity contribution in [1.29, 1.82) is 0 Å². The van der Waals surface area contributed by atoms with Gasteiger partial charge in [-0.1, -0.05) is 18.2 Å². The first-order chi connectivity index (χ1) is 13.9. The maximum absolute atomic E-state index is 13.0. The lowest BCUT2D eigenvalue weighted by molar-refractivity contribution is -0.123. The fourth-order valence-corrected chi connectivity index (χ4v) is 5.35. The van der Waals surface area contributed by atoms with E-state index in [-0.39, 0.29) is 17.9 Å². The van der Waals surface area contributed by atoms with Crippen molar-refractivity contribution in [1.82, 2.24) is 15.2 Å². The Hall–Kier alpha value is -2.55. The molecule has 2 amide bonds. The molecule has 2 N–H and O–H groups in total. The van der Waals surface area contributed by atoms with E-state index >= 15 is 0 Å². The summed E-state index contributed by atoms with van der Waals surface area (Å²) in [5, 5.41) is 6.43. The molecule has 2 aromatic rings. The van der Waals surface area contributed by atoms with Crippen LogP contribution in [0.4, 0.5) is 4.79 Å². The molecule has 0 radical (unpaired) electrons. The zero-order valence-electron chi connectivity index (χ0n) is 17.8. The van der Waals surface area contributed by atoms with E-state index in [9.17, 15) is 18.0 Å². The number of carbonyl (C=O) groups excluding carboxylic acids is 2. The van der Waals surface area contributed by atoms with Gasteiger partial charge >= 0.3 is 6.09 Å². The summed E-state index contributed by atoms with van der Waals surface area (Å²) in [6, 6.07) is 6.48. The van der Waals surface area contributed by atoms with Gasteiger partial charge in [0, 0.05) is 36.6 Å². The van der Waals surface area contributed by atoms with Gasteiger partial charge in [-0.05, 0) is 38.8 Å². The summed E-state index contributed by atoms with van der Waals surface area (Å²) in [5.41, 5.74) is 1.22. The van der Waals surface area contributed by atoms with Crippen molar-refractivity contribution in [3.63, 3.8) is 0 Å². The quantitative estimate of drug-likeness (QED) is 0.746. The first-order valence-electron chi connectivity index (χ1n) is 9.97. The summed E-state index contributed by atoms with van der Waals surface area (Å²) in [6.45, 7) is 5.24. The Kier molecular flexibility index (Phi) is 6.12. The van der Waals surface area contributed by atoms with E-state index in [1.165, 1.54) is 0 Å². The van der Waals surface area contributed by atoms with E-state index in [1.807, 2.05) is 42.1 Å². The van der Waals surface area contributed by atoms with Gasteiger partial charge in [0.15, 0.2) is 9.84 Å². The first kappa shape index (κ1) is 22.1. The van der Waals surface area contributed by atoms with E-state index in [2.05, 4.69) is 10.6 Å². The molecule has 1 saturated heterocycles. The minimum Gasteiger partial charge on any atom is -0.444 e. The molecule has 1 aromatic heterocycles. The first-order valence-corrected chi connectivity index (χ1v) is 11.8. The lowest BCUT2D eigenvalue weighted by atomic mass is 10.0. The van der Waals surface area contributed by atoms with Crippen LogP contribution in [0.5, 0.6) is 0 Å². The second kappa shape index (κ2) is 8.29. The highest BCUT2D eigenvalue weighted by Crippen LogP contribution is 2.22. The average Bonchev–Trinajstić information content (AvgIpc) is 3.12. The normalized spacial score (nSPS) is 19.4. The Labute approximate surface area is 176 Å². The van der Waals surface area contributed by atoms with Crippen LogP contribution in [0.15, 0.2) is 30.5 Å². The van der Waals surface area contributed by atoms with Crippen molar-refractivity contribution in [2.24, 2.45) is 7.05 Å². The van der Waals surface area contributed by atoms with Crippen molar-refractivity contribution in [3.05, 3.63) is 36.0 Å². The smallest absolute Gasteiger partial charge is 0.408 e. The molecule has 0 aliphatic carbocycles. The minimum absolute atomic E-state index is 0.0609. The number of para-hydroxylation sites is 1. The molecule has 2 heterocycles. The van der Waals surface area contributed by atoms with Crippen molar-refractivity contribution in [2.75, 3.05) is 11.5 Å². The third kappa shape index (κ3) is 5.53. The fourth-order valence-electron chi connectivity index (χ4n) is 3.68. The maximum Gasteiger partial charge on any atom is 0.408 e. The number of nitrogens with one attached hydrogen (secondary N) is 2. The summed E-state index contributed by atoms with van der Waals surface area (Å²) in [5.74, 6) is -0.437. The van der Waals surface area contributed by atoms with E-state index in [1.54, 1.807) is 20.8 Å². The summed E-state index contributed by atoms with van der Waals surface area (Å²) >= 11 is 0. The molecule has 1 aromatic carbocycles. The van der Waals surface area contributed by atoms with Gasteiger partial charge in [0.1, 0.15) is 11.6 Å². The fraction of sp³-hybridized carbons (Fsp3) is 0.524. The van der Waals surface area contributed by atoms with Crippen LogP contribution < -0.4 is 10.6 Å². The van der Waals surface area contributed by atoms with Crippen molar-refractivity contribution >= 4 is 32.7 Å². The molecule has 0 saturated carbocycles. The number of hydrogen-bond donors (Lipinski definition) is 2. The molecular formula is C21H29N3O5S. The van der Waals surface area contributed by atoms with Crippen LogP contribution in [-0.2, 0) is 32.8 Å². The summed E-state index contributed by atoms with van der Waals surface area (Å²) in [4.78, 5) is 25.3. The summed E-state index contributed by atoms with van der Waals surface area (Å²) in [7, 11) is -1.21. The number of nitrogens with zero attached hydrogens (tertiary/aromatic N) is 1. The number of rotatable bonds is 5. The highest BCUT2D eigenvalue weighted by Gasteiger charge is 2.32. The van der Waals surface area contributed by atoms with E-state index in [0.717, 1.165) is 16.5 Å². The van der Waals surface area contributed by atoms with Gasteiger partial charge in [-0.15, -0.1) is 0 Å². The largest absolute Gasteiger partial charge is 0.444 e. The lowest BCUT2D eigenvalue weighted by Gasteiger charge is -2.24. The molecule has 164 valence electrons. The molecule has 1 unspecified atom stereocenters. The van der Waals surface area contributed by atoms with Crippen LogP contribution in [0.2, 0.25) is 0 Å². The summed E-state index contributed by atoms with van der Waals surface area (Å²) < 4.78 is 30.7. The highest BCUT2D eigenvalue weighted by atomic mass is 32.2. The van der Waals surface area contributed by atoms with Gasteiger partial charge in [-0.25, -0.2) is 13.2 Å². The number of aromatic nitrogens is 1. The zero-order valence-corrected chi connectivity index (χ0v) is 18.6. The van der Waals surface area contributed by atoms with Crippen LogP contribution in [0.3, 0.4) is 0 Å². The Bertz CT molecular complexity index is 1050. The number of benzene rings is 1. The number of carbonyl (C=O) groups is 2. The van der Waals surface area contributed by atoms with Gasteiger partial charge in [0.25, 0.3) is 0 Å². The van der Waals surface area contributed by atoms with Gasteiger partial charge in [0.05, 0.1) is 11.5 Å². The number of fused-ring (bicyclic) bond motifs is 1. The van der Waals surface area contributed by atoms with Gasteiger partial charge in [-0.3, -0.25) is 4.79 Å². The Morgan fingerprint density at radius 2 is 1.97 bits per heavy atom. The van der Waals surface area contributed by atoms with Gasteiger partial charge in [0.2, 0.25) is 5.91 Å². The minimum atomic E-state index is -3.13.